The van der Waals surface area contributed by atoms with Gasteiger partial charge in [-0.3, -0.25) is 4.79 Å². The van der Waals surface area contributed by atoms with E-state index in [-0.39, 0.29) is 5.91 Å². The lowest BCUT2D eigenvalue weighted by Crippen LogP contribution is -2.24. The number of amides is 1. The van der Waals surface area contributed by atoms with Gasteiger partial charge >= 0.3 is 0 Å². The van der Waals surface area contributed by atoms with E-state index in [2.05, 4.69) is 27.8 Å². The maximum atomic E-state index is 11.0. The molecule has 1 aliphatic rings. The van der Waals surface area contributed by atoms with E-state index in [1.54, 1.807) is 4.90 Å². The lowest BCUT2D eigenvalue weighted by Gasteiger charge is -2.09. The van der Waals surface area contributed by atoms with E-state index >= 15 is 0 Å². The fourth-order valence-electron chi connectivity index (χ4n) is 1.07. The van der Waals surface area contributed by atoms with E-state index in [1.165, 1.54) is 0 Å². The summed E-state index contributed by atoms with van der Waals surface area (Å²) in [5.74, 6) is 6.03. The summed E-state index contributed by atoms with van der Waals surface area (Å²) in [6.07, 6.45) is 1.70. The molecule has 0 aromatic heterocycles. The summed E-state index contributed by atoms with van der Waals surface area (Å²) in [6.45, 7) is 1.49. The Balaban J connectivity index is 2.31. The van der Waals surface area contributed by atoms with Crippen LogP contribution >= 0.6 is 15.9 Å². The number of carbonyl (C=O) groups excluding carboxylic acids is 1. The van der Waals surface area contributed by atoms with Crippen molar-refractivity contribution in [2.45, 2.75) is 12.8 Å². The van der Waals surface area contributed by atoms with Crippen LogP contribution < -0.4 is 0 Å². The highest BCUT2D eigenvalue weighted by molar-refractivity contribution is 9.09. The van der Waals surface area contributed by atoms with Gasteiger partial charge in [0.05, 0.1) is 11.9 Å². The zero-order chi connectivity index (χ0) is 8.10. The number of carbonyl (C=O) groups is 1. The van der Waals surface area contributed by atoms with Crippen LogP contribution in [0.15, 0.2) is 0 Å². The molecule has 0 N–H and O–H groups in total. The molecule has 11 heavy (non-hydrogen) atoms. The summed E-state index contributed by atoms with van der Waals surface area (Å²) < 4.78 is 0. The van der Waals surface area contributed by atoms with Gasteiger partial charge in [-0.15, -0.1) is 0 Å². The number of hydrogen-bond acceptors (Lipinski definition) is 1. The minimum absolute atomic E-state index is 0.244. The number of rotatable bonds is 1. The molecule has 1 amide bonds. The first-order chi connectivity index (χ1) is 5.34. The van der Waals surface area contributed by atoms with Crippen LogP contribution in [0.2, 0.25) is 0 Å². The van der Waals surface area contributed by atoms with Gasteiger partial charge in [-0.05, 0) is 6.42 Å². The largest absolute Gasteiger partial charge is 0.332 e. The van der Waals surface area contributed by atoms with Crippen molar-refractivity contribution in [3.8, 4) is 11.8 Å². The van der Waals surface area contributed by atoms with Gasteiger partial charge in [-0.25, -0.2) is 0 Å². The molecule has 3 heteroatoms. The second-order valence-corrected chi connectivity index (χ2v) is 2.97. The van der Waals surface area contributed by atoms with Crippen LogP contribution in [0.25, 0.3) is 0 Å². The summed E-state index contributed by atoms with van der Waals surface area (Å²) in [5.41, 5.74) is 0. The van der Waals surface area contributed by atoms with Crippen molar-refractivity contribution in [1.82, 2.24) is 4.90 Å². The fraction of sp³-hybridized carbons (Fsp3) is 0.625. The van der Waals surface area contributed by atoms with Crippen LogP contribution in [-0.4, -0.2) is 29.2 Å². The Hall–Kier alpha value is -0.490. The third-order valence-electron chi connectivity index (χ3n) is 1.63. The molecule has 0 unspecified atom stereocenters. The van der Waals surface area contributed by atoms with Crippen molar-refractivity contribution in [3.63, 3.8) is 0 Å². The quantitative estimate of drug-likeness (QED) is 0.473. The van der Waals surface area contributed by atoms with Gasteiger partial charge < -0.3 is 4.90 Å². The third kappa shape index (κ3) is 2.55. The molecule has 1 fully saturated rings. The Morgan fingerprint density at radius 1 is 1.55 bits per heavy atom. The highest BCUT2D eigenvalue weighted by Gasteiger charge is 2.18. The highest BCUT2D eigenvalue weighted by atomic mass is 79.9. The van der Waals surface area contributed by atoms with Crippen LogP contribution in [0.1, 0.15) is 12.8 Å². The molecule has 0 radical (unpaired) electrons. The Kier molecular flexibility index (Phi) is 3.44. The Morgan fingerprint density at radius 3 is 2.91 bits per heavy atom. The van der Waals surface area contributed by atoms with Gasteiger partial charge in [0.15, 0.2) is 0 Å². The summed E-state index contributed by atoms with van der Waals surface area (Å²) >= 11 is 3.20. The second kappa shape index (κ2) is 4.40. The fourth-order valence-corrected chi connectivity index (χ4v) is 1.27. The molecule has 0 atom stereocenters. The van der Waals surface area contributed by atoms with Crippen LogP contribution in [0.5, 0.6) is 0 Å². The van der Waals surface area contributed by atoms with E-state index in [9.17, 15) is 4.79 Å². The molecular weight excluding hydrogens is 206 g/mol. The summed E-state index contributed by atoms with van der Waals surface area (Å²) in [6, 6.07) is 0. The highest BCUT2D eigenvalue weighted by Crippen LogP contribution is 2.07. The predicted octanol–water partition coefficient (Wildman–Crippen LogP) is 1.01. The molecule has 60 valence electrons. The van der Waals surface area contributed by atoms with Crippen molar-refractivity contribution in [3.05, 3.63) is 0 Å². The van der Waals surface area contributed by atoms with E-state index in [0.717, 1.165) is 13.0 Å². The summed E-state index contributed by atoms with van der Waals surface area (Å²) in [4.78, 5) is 12.8. The number of nitrogens with zero attached hydrogens (tertiary/aromatic N) is 1. The molecule has 0 spiro atoms. The predicted molar refractivity (Wildman–Crippen MR) is 47.4 cm³/mol. The maximum absolute atomic E-state index is 11.0. The average molecular weight is 216 g/mol. The summed E-state index contributed by atoms with van der Waals surface area (Å²) in [5, 5.41) is 0.690. The zero-order valence-corrected chi connectivity index (χ0v) is 7.85. The Morgan fingerprint density at radius 2 is 2.36 bits per heavy atom. The maximum Gasteiger partial charge on any atom is 0.223 e. The van der Waals surface area contributed by atoms with E-state index < -0.39 is 0 Å². The van der Waals surface area contributed by atoms with Gasteiger partial charge in [0.1, 0.15) is 0 Å². The molecule has 2 nitrogen and oxygen atoms in total. The number of hydrogen-bond donors (Lipinski definition) is 0. The molecule has 1 heterocycles. The average Bonchev–Trinajstić information content (AvgIpc) is 2.37. The van der Waals surface area contributed by atoms with Gasteiger partial charge in [0.2, 0.25) is 5.91 Å². The third-order valence-corrected chi connectivity index (χ3v) is 1.91. The van der Waals surface area contributed by atoms with Crippen LogP contribution in [0, 0.1) is 11.8 Å². The first-order valence-corrected chi connectivity index (χ1v) is 4.76. The van der Waals surface area contributed by atoms with Crippen molar-refractivity contribution < 1.29 is 4.79 Å². The van der Waals surface area contributed by atoms with Crippen molar-refractivity contribution in [1.29, 1.82) is 0 Å². The molecule has 1 aliphatic heterocycles. The lowest BCUT2D eigenvalue weighted by molar-refractivity contribution is -0.127. The number of halogens is 1. The molecular formula is C8H10BrNO. The van der Waals surface area contributed by atoms with Crippen molar-refractivity contribution in [2.75, 3.05) is 18.4 Å². The molecule has 1 saturated heterocycles. The zero-order valence-electron chi connectivity index (χ0n) is 6.27. The van der Waals surface area contributed by atoms with Crippen LogP contribution in [-0.2, 0) is 4.79 Å². The van der Waals surface area contributed by atoms with Crippen molar-refractivity contribution >= 4 is 21.8 Å². The molecule has 0 aromatic rings. The van der Waals surface area contributed by atoms with Crippen LogP contribution in [0.3, 0.4) is 0 Å². The van der Waals surface area contributed by atoms with E-state index in [4.69, 9.17) is 0 Å². The minimum Gasteiger partial charge on any atom is -0.332 e. The normalized spacial score (nSPS) is 16.5. The first kappa shape index (κ1) is 8.61. The smallest absolute Gasteiger partial charge is 0.223 e. The molecule has 0 aliphatic carbocycles. The topological polar surface area (TPSA) is 20.3 Å². The SMILES string of the molecule is O=C1CCCN1CC#CCBr. The minimum atomic E-state index is 0.244. The molecule has 0 saturated carbocycles. The molecule has 0 bridgehead atoms. The molecule has 1 rings (SSSR count). The van der Waals surface area contributed by atoms with Gasteiger partial charge in [-0.1, -0.05) is 27.8 Å². The Bertz CT molecular complexity index is 204. The van der Waals surface area contributed by atoms with Crippen LogP contribution in [0.4, 0.5) is 0 Å². The van der Waals surface area contributed by atoms with E-state index in [1.807, 2.05) is 0 Å². The standard InChI is InChI=1S/C8H10BrNO/c9-5-1-2-6-10-7-3-4-8(10)11/h3-7H2. The van der Waals surface area contributed by atoms with E-state index in [0.29, 0.717) is 18.3 Å². The monoisotopic (exact) mass is 215 g/mol. The summed E-state index contributed by atoms with van der Waals surface area (Å²) in [7, 11) is 0. The second-order valence-electron chi connectivity index (χ2n) is 2.41. The van der Waals surface area contributed by atoms with Gasteiger partial charge in [0.25, 0.3) is 0 Å². The lowest BCUT2D eigenvalue weighted by atomic mass is 10.4. The van der Waals surface area contributed by atoms with Gasteiger partial charge in [-0.2, -0.15) is 0 Å². The first-order valence-electron chi connectivity index (χ1n) is 3.64. The van der Waals surface area contributed by atoms with Crippen molar-refractivity contribution in [2.24, 2.45) is 0 Å². The van der Waals surface area contributed by atoms with Gasteiger partial charge in [0, 0.05) is 13.0 Å². The Labute approximate surface area is 75.1 Å². The molecule has 0 aromatic carbocycles. The number of likely N-dealkylation sites (tertiary alicyclic amines) is 1. The number of alkyl halides is 1.